The second-order valence-electron chi connectivity index (χ2n) is 7.96. The summed E-state index contributed by atoms with van der Waals surface area (Å²) < 4.78 is 5.38. The fourth-order valence-corrected chi connectivity index (χ4v) is 4.23. The van der Waals surface area contributed by atoms with Gasteiger partial charge in [-0.1, -0.05) is 18.2 Å². The number of para-hydroxylation sites is 1. The van der Waals surface area contributed by atoms with Gasteiger partial charge in [0.2, 0.25) is 0 Å². The predicted molar refractivity (Wildman–Crippen MR) is 126 cm³/mol. The number of esters is 1. The number of hydrogen-bond donors (Lipinski definition) is 1. The Morgan fingerprint density at radius 1 is 1.00 bits per heavy atom. The lowest BCUT2D eigenvalue weighted by molar-refractivity contribution is -0.119. The number of aryl methyl sites for hydroxylation is 1. The lowest BCUT2D eigenvalue weighted by Gasteiger charge is -2.18. The van der Waals surface area contributed by atoms with Gasteiger partial charge in [0.25, 0.3) is 11.8 Å². The largest absolute Gasteiger partial charge is 0.452 e. The maximum Gasteiger partial charge on any atom is 0.339 e. The van der Waals surface area contributed by atoms with Crippen molar-refractivity contribution < 1.29 is 19.1 Å². The van der Waals surface area contributed by atoms with Crippen LogP contribution in [0.5, 0.6) is 0 Å². The van der Waals surface area contributed by atoms with Gasteiger partial charge in [-0.25, -0.2) is 4.79 Å². The van der Waals surface area contributed by atoms with Crippen molar-refractivity contribution in [1.29, 1.82) is 0 Å². The Morgan fingerprint density at radius 3 is 2.45 bits per heavy atom. The number of amides is 2. The molecule has 0 saturated heterocycles. The molecule has 1 heterocycles. The van der Waals surface area contributed by atoms with Gasteiger partial charge in [-0.3, -0.25) is 14.6 Å². The summed E-state index contributed by atoms with van der Waals surface area (Å²) in [6.45, 7) is 4.73. The van der Waals surface area contributed by atoms with Crippen LogP contribution in [0.1, 0.15) is 52.2 Å². The second-order valence-corrected chi connectivity index (χ2v) is 7.96. The summed E-state index contributed by atoms with van der Waals surface area (Å²) in [5.74, 6) is -1.01. The van der Waals surface area contributed by atoms with E-state index >= 15 is 0 Å². The highest BCUT2D eigenvalue weighted by Gasteiger charge is 2.25. The van der Waals surface area contributed by atoms with Crippen LogP contribution >= 0.6 is 0 Å². The molecule has 0 unspecified atom stereocenters. The third kappa shape index (κ3) is 4.72. The summed E-state index contributed by atoms with van der Waals surface area (Å²) in [5, 5.41) is 3.46. The Kier molecular flexibility index (Phi) is 6.68. The van der Waals surface area contributed by atoms with E-state index in [9.17, 15) is 14.4 Å². The molecule has 1 aliphatic carbocycles. The van der Waals surface area contributed by atoms with E-state index in [2.05, 4.69) is 10.3 Å². The van der Waals surface area contributed by atoms with Crippen molar-refractivity contribution in [1.82, 2.24) is 9.88 Å². The van der Waals surface area contributed by atoms with E-state index in [0.29, 0.717) is 29.9 Å². The number of aromatic nitrogens is 1. The van der Waals surface area contributed by atoms with Crippen LogP contribution in [0.25, 0.3) is 10.9 Å². The molecule has 0 fully saturated rings. The van der Waals surface area contributed by atoms with Crippen LogP contribution in [0.2, 0.25) is 0 Å². The van der Waals surface area contributed by atoms with E-state index in [1.54, 1.807) is 29.2 Å². The summed E-state index contributed by atoms with van der Waals surface area (Å²) >= 11 is 0. The number of nitrogens with zero attached hydrogens (tertiary/aromatic N) is 2. The monoisotopic (exact) mass is 445 g/mol. The normalized spacial score (nSPS) is 12.3. The molecule has 0 atom stereocenters. The van der Waals surface area contributed by atoms with E-state index in [1.807, 2.05) is 38.1 Å². The van der Waals surface area contributed by atoms with Crippen molar-refractivity contribution >= 4 is 34.4 Å². The van der Waals surface area contributed by atoms with Gasteiger partial charge in [0, 0.05) is 35.4 Å². The molecule has 0 saturated carbocycles. The number of carbonyl (C=O) groups is 3. The molecule has 1 aromatic heterocycles. The topological polar surface area (TPSA) is 88.6 Å². The SMILES string of the molecule is CCN(CC)C(=O)c1ccc(NC(=O)COC(=O)c2c3c(nc4ccccc24)CCC3)cc1. The summed E-state index contributed by atoms with van der Waals surface area (Å²) in [4.78, 5) is 44.1. The highest BCUT2D eigenvalue weighted by Crippen LogP contribution is 2.30. The number of fused-ring (bicyclic) bond motifs is 2. The zero-order chi connectivity index (χ0) is 23.4. The first-order valence-corrected chi connectivity index (χ1v) is 11.3. The molecule has 4 rings (SSSR count). The molecule has 33 heavy (non-hydrogen) atoms. The zero-order valence-corrected chi connectivity index (χ0v) is 18.9. The fraction of sp³-hybridized carbons (Fsp3) is 0.308. The fourth-order valence-electron chi connectivity index (χ4n) is 4.23. The quantitative estimate of drug-likeness (QED) is 0.556. The second kappa shape index (κ2) is 9.81. The van der Waals surface area contributed by atoms with Gasteiger partial charge >= 0.3 is 5.97 Å². The van der Waals surface area contributed by atoms with E-state index in [0.717, 1.165) is 41.4 Å². The number of anilines is 1. The molecule has 0 aliphatic heterocycles. The Balaban J connectivity index is 1.41. The molecule has 0 spiro atoms. The molecule has 7 nitrogen and oxygen atoms in total. The van der Waals surface area contributed by atoms with Crippen molar-refractivity contribution in [2.75, 3.05) is 25.0 Å². The molecule has 2 aromatic carbocycles. The van der Waals surface area contributed by atoms with Crippen molar-refractivity contribution in [3.8, 4) is 0 Å². The van der Waals surface area contributed by atoms with E-state index in [4.69, 9.17) is 4.74 Å². The van der Waals surface area contributed by atoms with Crippen molar-refractivity contribution in [2.45, 2.75) is 33.1 Å². The van der Waals surface area contributed by atoms with Crippen LogP contribution in [0.15, 0.2) is 48.5 Å². The van der Waals surface area contributed by atoms with Crippen molar-refractivity contribution in [2.24, 2.45) is 0 Å². The number of rotatable bonds is 7. The zero-order valence-electron chi connectivity index (χ0n) is 18.9. The summed E-state index contributed by atoms with van der Waals surface area (Å²) in [5.41, 5.74) is 4.22. The standard InChI is InChI=1S/C26H27N3O4/c1-3-29(4-2)25(31)17-12-14-18(15-13-17)27-23(30)16-33-26(32)24-19-8-5-6-10-21(19)28-22-11-7-9-20(22)24/h5-6,8,10,12-15H,3-4,7,9,11,16H2,1-2H3,(H,27,30). The number of carbonyl (C=O) groups excluding carboxylic acids is 3. The van der Waals surface area contributed by atoms with E-state index in [1.165, 1.54) is 0 Å². The average molecular weight is 446 g/mol. The molecule has 1 N–H and O–H groups in total. The number of hydrogen-bond acceptors (Lipinski definition) is 5. The summed E-state index contributed by atoms with van der Waals surface area (Å²) in [6, 6.07) is 14.2. The van der Waals surface area contributed by atoms with Crippen LogP contribution in [0, 0.1) is 0 Å². The molecule has 0 radical (unpaired) electrons. The number of pyridine rings is 1. The van der Waals surface area contributed by atoms with Gasteiger partial charge in [-0.15, -0.1) is 0 Å². The molecule has 170 valence electrons. The van der Waals surface area contributed by atoms with Gasteiger partial charge in [0.05, 0.1) is 11.1 Å². The van der Waals surface area contributed by atoms with E-state index < -0.39 is 18.5 Å². The minimum atomic E-state index is -0.512. The minimum Gasteiger partial charge on any atom is -0.452 e. The maximum absolute atomic E-state index is 12.9. The smallest absolute Gasteiger partial charge is 0.339 e. The third-order valence-corrected chi connectivity index (χ3v) is 5.92. The maximum atomic E-state index is 12.9. The molecular formula is C26H27N3O4. The van der Waals surface area contributed by atoms with E-state index in [-0.39, 0.29) is 5.91 Å². The highest BCUT2D eigenvalue weighted by atomic mass is 16.5. The Hall–Kier alpha value is -3.74. The molecule has 7 heteroatoms. The lowest BCUT2D eigenvalue weighted by atomic mass is 10.0. The molecule has 0 bridgehead atoms. The third-order valence-electron chi connectivity index (χ3n) is 5.92. The van der Waals surface area contributed by atoms with Crippen LogP contribution in [-0.2, 0) is 22.4 Å². The van der Waals surface area contributed by atoms with Crippen molar-refractivity contribution in [3.05, 3.63) is 70.9 Å². The van der Waals surface area contributed by atoms with Crippen LogP contribution in [0.4, 0.5) is 5.69 Å². The Bertz CT molecular complexity index is 1200. The first-order chi connectivity index (χ1) is 16.0. The Morgan fingerprint density at radius 2 is 1.73 bits per heavy atom. The van der Waals surface area contributed by atoms with Gasteiger partial charge in [-0.2, -0.15) is 0 Å². The highest BCUT2D eigenvalue weighted by molar-refractivity contribution is 6.06. The Labute approximate surface area is 192 Å². The first kappa shape index (κ1) is 22.5. The molecule has 2 amide bonds. The summed E-state index contributed by atoms with van der Waals surface area (Å²) in [7, 11) is 0. The van der Waals surface area contributed by atoms with Gasteiger partial charge in [-0.05, 0) is 69.0 Å². The molecule has 1 aliphatic rings. The van der Waals surface area contributed by atoms with Gasteiger partial charge < -0.3 is 15.0 Å². The minimum absolute atomic E-state index is 0.0519. The predicted octanol–water partition coefficient (Wildman–Crippen LogP) is 4.00. The van der Waals surface area contributed by atoms with Gasteiger partial charge in [0.15, 0.2) is 6.61 Å². The number of nitrogens with one attached hydrogen (secondary N) is 1. The first-order valence-electron chi connectivity index (χ1n) is 11.3. The molecular weight excluding hydrogens is 418 g/mol. The number of benzene rings is 2. The van der Waals surface area contributed by atoms with Gasteiger partial charge in [0.1, 0.15) is 0 Å². The number of ether oxygens (including phenoxy) is 1. The average Bonchev–Trinajstić information content (AvgIpc) is 3.30. The van der Waals surface area contributed by atoms with Crippen LogP contribution in [0.3, 0.4) is 0 Å². The van der Waals surface area contributed by atoms with Crippen LogP contribution < -0.4 is 5.32 Å². The molecule has 3 aromatic rings. The van der Waals surface area contributed by atoms with Crippen molar-refractivity contribution in [3.63, 3.8) is 0 Å². The summed E-state index contributed by atoms with van der Waals surface area (Å²) in [6.07, 6.45) is 2.57. The lowest BCUT2D eigenvalue weighted by Crippen LogP contribution is -2.30. The van der Waals surface area contributed by atoms with Crippen LogP contribution in [-0.4, -0.2) is 47.4 Å².